The van der Waals surface area contributed by atoms with E-state index in [1.165, 1.54) is 11.3 Å². The highest BCUT2D eigenvalue weighted by Crippen LogP contribution is 2.38. The van der Waals surface area contributed by atoms with Gasteiger partial charge in [0.05, 0.1) is 27.2 Å². The summed E-state index contributed by atoms with van der Waals surface area (Å²) in [5.74, 6) is -1.50. The lowest BCUT2D eigenvalue weighted by Gasteiger charge is -2.07. The molecule has 7 nitrogen and oxygen atoms in total. The zero-order valence-electron chi connectivity index (χ0n) is 15.5. The molecule has 0 atom stereocenters. The van der Waals surface area contributed by atoms with Crippen molar-refractivity contribution in [3.63, 3.8) is 0 Å². The predicted octanol–water partition coefficient (Wildman–Crippen LogP) is 3.06. The van der Waals surface area contributed by atoms with Gasteiger partial charge in [0, 0.05) is 11.3 Å². The lowest BCUT2D eigenvalue weighted by Crippen LogP contribution is -2.22. The first-order valence-electron chi connectivity index (χ1n) is 9.25. The molecule has 1 aromatic carbocycles. The van der Waals surface area contributed by atoms with Gasteiger partial charge in [-0.25, -0.2) is 4.98 Å². The van der Waals surface area contributed by atoms with E-state index in [4.69, 9.17) is 10.5 Å². The smallest absolute Gasteiger partial charge is 0.306 e. The standard InChI is InChI=1S/C20H19N3O4S2/c21-19(26)18-11-4-3-7-13(11)29-20(18)23-15(24)10-27-17(25)9-8-16-22-12-5-1-2-6-14(12)28-16/h1-2,5-6H,3-4,7-10H2,(H2,21,26)(H,23,24). The molecule has 0 saturated carbocycles. The van der Waals surface area contributed by atoms with Crippen LogP contribution in [0.3, 0.4) is 0 Å². The van der Waals surface area contributed by atoms with Gasteiger partial charge in [-0.05, 0) is 37.0 Å². The number of primary amides is 1. The second kappa shape index (κ2) is 8.30. The molecule has 0 bridgehead atoms. The Kier molecular flexibility index (Phi) is 5.59. The average molecular weight is 430 g/mol. The van der Waals surface area contributed by atoms with Crippen LogP contribution in [0.25, 0.3) is 10.2 Å². The first-order chi connectivity index (χ1) is 14.0. The molecule has 2 heterocycles. The Morgan fingerprint density at radius 3 is 2.79 bits per heavy atom. The molecule has 150 valence electrons. The minimum atomic E-state index is -0.549. The Morgan fingerprint density at radius 2 is 2.00 bits per heavy atom. The van der Waals surface area contributed by atoms with Gasteiger partial charge < -0.3 is 15.8 Å². The van der Waals surface area contributed by atoms with Crippen molar-refractivity contribution in [2.45, 2.75) is 32.1 Å². The number of ether oxygens (including phenoxy) is 1. The second-order valence-electron chi connectivity index (χ2n) is 6.71. The van der Waals surface area contributed by atoms with E-state index < -0.39 is 24.4 Å². The van der Waals surface area contributed by atoms with Crippen molar-refractivity contribution in [2.24, 2.45) is 5.73 Å². The molecule has 29 heavy (non-hydrogen) atoms. The van der Waals surface area contributed by atoms with Crippen LogP contribution >= 0.6 is 22.7 Å². The molecule has 1 aliphatic carbocycles. The highest BCUT2D eigenvalue weighted by atomic mass is 32.1. The van der Waals surface area contributed by atoms with Crippen molar-refractivity contribution in [1.82, 2.24) is 4.98 Å². The lowest BCUT2D eigenvalue weighted by molar-refractivity contribution is -0.147. The summed E-state index contributed by atoms with van der Waals surface area (Å²) in [6, 6.07) is 7.78. The van der Waals surface area contributed by atoms with E-state index in [1.54, 1.807) is 11.3 Å². The van der Waals surface area contributed by atoms with Gasteiger partial charge in [0.25, 0.3) is 11.8 Å². The first-order valence-corrected chi connectivity index (χ1v) is 10.9. The van der Waals surface area contributed by atoms with E-state index >= 15 is 0 Å². The molecular weight excluding hydrogens is 410 g/mol. The third-order valence-electron chi connectivity index (χ3n) is 4.67. The second-order valence-corrected chi connectivity index (χ2v) is 8.93. The molecule has 2 amide bonds. The zero-order chi connectivity index (χ0) is 20.4. The zero-order valence-corrected chi connectivity index (χ0v) is 17.2. The van der Waals surface area contributed by atoms with E-state index in [0.717, 1.165) is 44.9 Å². The SMILES string of the molecule is NC(=O)c1c(NC(=O)COC(=O)CCc2nc3ccccc3s2)sc2c1CCC2. The number of benzene rings is 1. The Hall–Kier alpha value is -2.78. The number of carbonyl (C=O) groups excluding carboxylic acids is 3. The molecule has 4 rings (SSSR count). The quantitative estimate of drug-likeness (QED) is 0.561. The van der Waals surface area contributed by atoms with E-state index in [2.05, 4.69) is 10.3 Å². The molecule has 1 aliphatic rings. The van der Waals surface area contributed by atoms with Crippen LogP contribution in [0.15, 0.2) is 24.3 Å². The van der Waals surface area contributed by atoms with Crippen LogP contribution in [0.1, 0.15) is 38.6 Å². The summed E-state index contributed by atoms with van der Waals surface area (Å²) < 4.78 is 6.14. The number of nitrogens with zero attached hydrogens (tertiary/aromatic N) is 1. The molecular formula is C20H19N3O4S2. The van der Waals surface area contributed by atoms with Crippen LogP contribution in [0.2, 0.25) is 0 Å². The Bertz CT molecular complexity index is 1070. The number of aryl methyl sites for hydroxylation is 2. The molecule has 2 aromatic heterocycles. The first kappa shape index (κ1) is 19.5. The largest absolute Gasteiger partial charge is 0.456 e. The van der Waals surface area contributed by atoms with E-state index in [0.29, 0.717) is 17.0 Å². The summed E-state index contributed by atoms with van der Waals surface area (Å²) in [6.45, 7) is -0.403. The maximum atomic E-state index is 12.2. The van der Waals surface area contributed by atoms with Crippen molar-refractivity contribution < 1.29 is 19.1 Å². The van der Waals surface area contributed by atoms with Crippen molar-refractivity contribution in [3.8, 4) is 0 Å². The number of fused-ring (bicyclic) bond motifs is 2. The number of esters is 1. The van der Waals surface area contributed by atoms with Crippen LogP contribution in [-0.4, -0.2) is 29.4 Å². The third-order valence-corrected chi connectivity index (χ3v) is 6.97. The van der Waals surface area contributed by atoms with Gasteiger partial charge in [0.15, 0.2) is 6.61 Å². The number of hydrogen-bond acceptors (Lipinski definition) is 7. The fraction of sp³-hybridized carbons (Fsp3) is 0.300. The number of anilines is 1. The van der Waals surface area contributed by atoms with Gasteiger partial charge in [-0.15, -0.1) is 22.7 Å². The van der Waals surface area contributed by atoms with Crippen LogP contribution < -0.4 is 11.1 Å². The van der Waals surface area contributed by atoms with Gasteiger partial charge >= 0.3 is 5.97 Å². The number of hydrogen-bond donors (Lipinski definition) is 2. The van der Waals surface area contributed by atoms with Gasteiger partial charge in [-0.1, -0.05) is 12.1 Å². The summed E-state index contributed by atoms with van der Waals surface area (Å²) in [5, 5.41) is 3.96. The lowest BCUT2D eigenvalue weighted by atomic mass is 10.1. The maximum absolute atomic E-state index is 12.2. The Morgan fingerprint density at radius 1 is 1.17 bits per heavy atom. The number of nitrogens with two attached hydrogens (primary N) is 1. The Labute approximate surface area is 174 Å². The third kappa shape index (κ3) is 4.30. The summed E-state index contributed by atoms with van der Waals surface area (Å²) in [4.78, 5) is 41.5. The minimum absolute atomic E-state index is 0.146. The number of carbonyl (C=O) groups is 3. The van der Waals surface area contributed by atoms with E-state index in [9.17, 15) is 14.4 Å². The van der Waals surface area contributed by atoms with E-state index in [1.807, 2.05) is 24.3 Å². The number of thiophene rings is 1. The summed E-state index contributed by atoms with van der Waals surface area (Å²) in [6.07, 6.45) is 3.27. The number of aromatic nitrogens is 1. The predicted molar refractivity (Wildman–Crippen MR) is 112 cm³/mol. The summed E-state index contributed by atoms with van der Waals surface area (Å²) in [5.41, 5.74) is 7.71. The van der Waals surface area contributed by atoms with Crippen LogP contribution in [0.5, 0.6) is 0 Å². The molecule has 9 heteroatoms. The topological polar surface area (TPSA) is 111 Å². The minimum Gasteiger partial charge on any atom is -0.456 e. The highest BCUT2D eigenvalue weighted by molar-refractivity contribution is 7.18. The molecule has 0 spiro atoms. The van der Waals surface area contributed by atoms with Crippen molar-refractivity contribution in [2.75, 3.05) is 11.9 Å². The molecule has 0 radical (unpaired) electrons. The fourth-order valence-corrected chi connectivity index (χ4v) is 5.65. The van der Waals surface area contributed by atoms with Crippen molar-refractivity contribution in [3.05, 3.63) is 45.3 Å². The van der Waals surface area contributed by atoms with E-state index in [-0.39, 0.29) is 6.42 Å². The molecule has 3 N–H and O–H groups in total. The molecule has 0 fully saturated rings. The normalized spacial score (nSPS) is 12.7. The average Bonchev–Trinajstić information content (AvgIpc) is 3.37. The number of thiazole rings is 1. The number of nitrogens with one attached hydrogen (secondary N) is 1. The molecule has 0 saturated heterocycles. The summed E-state index contributed by atoms with van der Waals surface area (Å²) >= 11 is 2.91. The number of amides is 2. The van der Waals surface area contributed by atoms with Gasteiger partial charge in [-0.2, -0.15) is 0 Å². The van der Waals surface area contributed by atoms with Gasteiger partial charge in [-0.3, -0.25) is 14.4 Å². The van der Waals surface area contributed by atoms with Crippen molar-refractivity contribution >= 4 is 55.7 Å². The van der Waals surface area contributed by atoms with Crippen molar-refractivity contribution in [1.29, 1.82) is 0 Å². The highest BCUT2D eigenvalue weighted by Gasteiger charge is 2.26. The number of rotatable bonds is 7. The van der Waals surface area contributed by atoms with Crippen LogP contribution in [0, 0.1) is 0 Å². The molecule has 0 aliphatic heterocycles. The maximum Gasteiger partial charge on any atom is 0.306 e. The van der Waals surface area contributed by atoms with Gasteiger partial charge in [0.1, 0.15) is 5.00 Å². The Balaban J connectivity index is 1.28. The summed E-state index contributed by atoms with van der Waals surface area (Å²) in [7, 11) is 0. The number of para-hydroxylation sites is 1. The fourth-order valence-electron chi connectivity index (χ4n) is 3.37. The van der Waals surface area contributed by atoms with Gasteiger partial charge in [0.2, 0.25) is 0 Å². The molecule has 0 unspecified atom stereocenters. The van der Waals surface area contributed by atoms with Crippen LogP contribution in [0.4, 0.5) is 5.00 Å². The molecule has 3 aromatic rings. The van der Waals surface area contributed by atoms with Crippen LogP contribution in [-0.2, 0) is 33.6 Å². The monoisotopic (exact) mass is 429 g/mol.